The standard InChI is InChI=1S/C12H15F3O4S/c1-8-3-5-10(6-4-8)20(17,18)19-7-11(16)9(2)12(13,14)15/h3-6,9,11,16H,7H2,1-2H3. The Morgan fingerprint density at radius 3 is 2.20 bits per heavy atom. The van der Waals surface area contributed by atoms with Gasteiger partial charge in [0.1, 0.15) is 0 Å². The molecule has 0 amide bonds. The van der Waals surface area contributed by atoms with Crippen molar-refractivity contribution in [1.82, 2.24) is 0 Å². The maximum Gasteiger partial charge on any atom is 0.394 e. The van der Waals surface area contributed by atoms with E-state index in [2.05, 4.69) is 4.18 Å². The Morgan fingerprint density at radius 1 is 1.25 bits per heavy atom. The lowest BCUT2D eigenvalue weighted by atomic mass is 10.1. The van der Waals surface area contributed by atoms with Crippen molar-refractivity contribution >= 4 is 10.1 Å². The van der Waals surface area contributed by atoms with Crippen LogP contribution in [0.2, 0.25) is 0 Å². The molecule has 0 fully saturated rings. The predicted molar refractivity (Wildman–Crippen MR) is 65.5 cm³/mol. The predicted octanol–water partition coefficient (Wildman–Crippen LogP) is 2.26. The first kappa shape index (κ1) is 16.9. The molecule has 0 radical (unpaired) electrons. The van der Waals surface area contributed by atoms with E-state index in [1.807, 2.05) is 0 Å². The third kappa shape index (κ3) is 4.46. The third-order valence-corrected chi connectivity index (χ3v) is 4.09. The highest BCUT2D eigenvalue weighted by atomic mass is 32.2. The van der Waals surface area contributed by atoms with Crippen molar-refractivity contribution in [3.05, 3.63) is 29.8 Å². The highest BCUT2D eigenvalue weighted by molar-refractivity contribution is 7.86. The van der Waals surface area contributed by atoms with Gasteiger partial charge in [-0.3, -0.25) is 4.18 Å². The van der Waals surface area contributed by atoms with Gasteiger partial charge < -0.3 is 5.11 Å². The van der Waals surface area contributed by atoms with Gasteiger partial charge in [-0.2, -0.15) is 21.6 Å². The highest BCUT2D eigenvalue weighted by Crippen LogP contribution is 2.28. The number of aryl methyl sites for hydroxylation is 1. The van der Waals surface area contributed by atoms with Crippen LogP contribution in [0.3, 0.4) is 0 Å². The molecule has 0 saturated heterocycles. The van der Waals surface area contributed by atoms with Gasteiger partial charge in [0.15, 0.2) is 0 Å². The van der Waals surface area contributed by atoms with Crippen LogP contribution in [0.1, 0.15) is 12.5 Å². The van der Waals surface area contributed by atoms with Gasteiger partial charge in [-0.15, -0.1) is 0 Å². The van der Waals surface area contributed by atoms with Gasteiger partial charge in [-0.05, 0) is 19.1 Å². The number of benzene rings is 1. The molecule has 20 heavy (non-hydrogen) atoms. The Labute approximate surface area is 115 Å². The van der Waals surface area contributed by atoms with Gasteiger partial charge >= 0.3 is 6.18 Å². The van der Waals surface area contributed by atoms with E-state index in [0.29, 0.717) is 0 Å². The molecule has 0 saturated carbocycles. The van der Waals surface area contributed by atoms with Crippen LogP contribution < -0.4 is 0 Å². The Morgan fingerprint density at radius 2 is 1.75 bits per heavy atom. The monoisotopic (exact) mass is 312 g/mol. The third-order valence-electron chi connectivity index (χ3n) is 2.80. The molecule has 0 aliphatic heterocycles. The molecule has 0 spiro atoms. The molecule has 1 N–H and O–H groups in total. The summed E-state index contributed by atoms with van der Waals surface area (Å²) in [4.78, 5) is -0.171. The van der Waals surface area contributed by atoms with Crippen molar-refractivity contribution in [2.45, 2.75) is 31.0 Å². The summed E-state index contributed by atoms with van der Waals surface area (Å²) >= 11 is 0. The number of hydrogen-bond acceptors (Lipinski definition) is 4. The van der Waals surface area contributed by atoms with Crippen LogP contribution in [0.15, 0.2) is 29.2 Å². The second kappa shape index (κ2) is 6.11. The molecule has 0 aliphatic carbocycles. The molecular weight excluding hydrogens is 297 g/mol. The number of rotatable bonds is 5. The molecule has 8 heteroatoms. The zero-order valence-corrected chi connectivity index (χ0v) is 11.7. The highest BCUT2D eigenvalue weighted by Gasteiger charge is 2.41. The summed E-state index contributed by atoms with van der Waals surface area (Å²) in [6.45, 7) is 1.56. The van der Waals surface area contributed by atoms with Gasteiger partial charge in [-0.25, -0.2) is 0 Å². The molecule has 0 bridgehead atoms. The number of halogens is 3. The molecular formula is C12H15F3O4S. The average molecular weight is 312 g/mol. The normalized spacial score (nSPS) is 15.9. The minimum Gasteiger partial charge on any atom is -0.390 e. The second-order valence-corrected chi connectivity index (χ2v) is 6.06. The van der Waals surface area contributed by atoms with E-state index >= 15 is 0 Å². The molecule has 1 aromatic rings. The number of aliphatic hydroxyl groups is 1. The molecule has 0 heterocycles. The lowest BCUT2D eigenvalue weighted by Gasteiger charge is -2.21. The van der Waals surface area contributed by atoms with Crippen molar-refractivity contribution in [3.8, 4) is 0 Å². The number of alkyl halides is 3. The SMILES string of the molecule is Cc1ccc(S(=O)(=O)OCC(O)C(C)C(F)(F)F)cc1. The van der Waals surface area contributed by atoms with Gasteiger partial charge in [0.25, 0.3) is 10.1 Å². The van der Waals surface area contributed by atoms with E-state index in [-0.39, 0.29) is 4.90 Å². The molecule has 2 unspecified atom stereocenters. The van der Waals surface area contributed by atoms with Gasteiger partial charge in [0, 0.05) is 0 Å². The first-order chi connectivity index (χ1) is 9.04. The van der Waals surface area contributed by atoms with E-state index < -0.39 is 34.9 Å². The largest absolute Gasteiger partial charge is 0.394 e. The van der Waals surface area contributed by atoms with Crippen LogP contribution in [-0.4, -0.2) is 32.4 Å². The van der Waals surface area contributed by atoms with Crippen LogP contribution in [-0.2, 0) is 14.3 Å². The van der Waals surface area contributed by atoms with Crippen LogP contribution in [0.5, 0.6) is 0 Å². The topological polar surface area (TPSA) is 63.6 Å². The van der Waals surface area contributed by atoms with E-state index in [1.165, 1.54) is 24.3 Å². The fourth-order valence-corrected chi connectivity index (χ4v) is 2.22. The summed E-state index contributed by atoms with van der Waals surface area (Å²) in [5.74, 6) is -2.07. The first-order valence-corrected chi connectivity index (χ1v) is 7.16. The maximum atomic E-state index is 12.3. The quantitative estimate of drug-likeness (QED) is 0.847. The Balaban J connectivity index is 2.71. The zero-order chi connectivity index (χ0) is 15.6. The fraction of sp³-hybridized carbons (Fsp3) is 0.500. The minimum atomic E-state index is -4.61. The first-order valence-electron chi connectivity index (χ1n) is 5.75. The van der Waals surface area contributed by atoms with Gasteiger partial charge in [0.2, 0.25) is 0 Å². The molecule has 1 rings (SSSR count). The van der Waals surface area contributed by atoms with E-state index in [1.54, 1.807) is 6.92 Å². The van der Waals surface area contributed by atoms with Crippen LogP contribution in [0, 0.1) is 12.8 Å². The smallest absolute Gasteiger partial charge is 0.390 e. The molecule has 2 atom stereocenters. The Hall–Kier alpha value is -1.12. The van der Waals surface area contributed by atoms with Crippen LogP contribution in [0.4, 0.5) is 13.2 Å². The molecule has 1 aromatic carbocycles. The summed E-state index contributed by atoms with van der Waals surface area (Å²) in [7, 11) is -4.18. The number of hydrogen-bond donors (Lipinski definition) is 1. The summed E-state index contributed by atoms with van der Waals surface area (Å²) in [6.07, 6.45) is -6.56. The van der Waals surface area contributed by atoms with Crippen molar-refractivity contribution in [3.63, 3.8) is 0 Å². The summed E-state index contributed by atoms with van der Waals surface area (Å²) in [6, 6.07) is 5.63. The second-order valence-electron chi connectivity index (χ2n) is 4.45. The van der Waals surface area contributed by atoms with E-state index in [0.717, 1.165) is 12.5 Å². The average Bonchev–Trinajstić information content (AvgIpc) is 2.34. The molecule has 4 nitrogen and oxygen atoms in total. The van der Waals surface area contributed by atoms with Crippen LogP contribution in [0.25, 0.3) is 0 Å². The Bertz CT molecular complexity index is 537. The number of aliphatic hydroxyl groups excluding tert-OH is 1. The van der Waals surface area contributed by atoms with Gasteiger partial charge in [0.05, 0.1) is 23.5 Å². The Kier molecular flexibility index (Phi) is 5.17. The molecule has 0 aliphatic rings. The van der Waals surface area contributed by atoms with E-state index in [4.69, 9.17) is 0 Å². The van der Waals surface area contributed by atoms with Crippen LogP contribution >= 0.6 is 0 Å². The van der Waals surface area contributed by atoms with Crippen molar-refractivity contribution in [1.29, 1.82) is 0 Å². The minimum absolute atomic E-state index is 0.171. The summed E-state index contributed by atoms with van der Waals surface area (Å²) < 4.78 is 64.8. The summed E-state index contributed by atoms with van der Waals surface area (Å²) in [5.41, 5.74) is 0.828. The van der Waals surface area contributed by atoms with Gasteiger partial charge in [-0.1, -0.05) is 24.6 Å². The maximum absolute atomic E-state index is 12.3. The molecule has 114 valence electrons. The van der Waals surface area contributed by atoms with Crippen molar-refractivity contribution in [2.24, 2.45) is 5.92 Å². The lowest BCUT2D eigenvalue weighted by Crippen LogP contribution is -2.35. The van der Waals surface area contributed by atoms with Crippen molar-refractivity contribution < 1.29 is 30.9 Å². The lowest BCUT2D eigenvalue weighted by molar-refractivity contribution is -0.197. The zero-order valence-electron chi connectivity index (χ0n) is 10.9. The van der Waals surface area contributed by atoms with Crippen molar-refractivity contribution in [2.75, 3.05) is 6.61 Å². The van der Waals surface area contributed by atoms with E-state index in [9.17, 15) is 26.7 Å². The summed E-state index contributed by atoms with van der Waals surface area (Å²) in [5, 5.41) is 9.30. The fourth-order valence-electron chi connectivity index (χ4n) is 1.29. The molecule has 0 aromatic heterocycles.